The van der Waals surface area contributed by atoms with Crippen LogP contribution in [0, 0.1) is 0 Å². The maximum Gasteiger partial charge on any atom is 0.224 e. The summed E-state index contributed by atoms with van der Waals surface area (Å²) in [4.78, 5) is 33.8. The van der Waals surface area contributed by atoms with E-state index < -0.39 is 0 Å². The Hall–Kier alpha value is -2.37. The van der Waals surface area contributed by atoms with E-state index >= 15 is 0 Å². The van der Waals surface area contributed by atoms with Gasteiger partial charge < -0.3 is 20.2 Å². The zero-order valence-electron chi connectivity index (χ0n) is 13.0. The molecule has 0 aliphatic rings. The van der Waals surface area contributed by atoms with E-state index in [1.54, 1.807) is 19.2 Å². The van der Waals surface area contributed by atoms with Gasteiger partial charge in [0.25, 0.3) is 0 Å². The van der Waals surface area contributed by atoms with E-state index in [0.29, 0.717) is 13.1 Å². The second kappa shape index (κ2) is 9.55. The van der Waals surface area contributed by atoms with Crippen LogP contribution in [0.4, 0.5) is 0 Å². The molecule has 0 heterocycles. The number of hydrogen-bond acceptors (Lipinski definition) is 4. The minimum absolute atomic E-state index is 0.0112. The fourth-order valence-electron chi connectivity index (χ4n) is 1.77. The van der Waals surface area contributed by atoms with Crippen molar-refractivity contribution in [2.45, 2.75) is 26.2 Å². The molecule has 22 heavy (non-hydrogen) atoms. The van der Waals surface area contributed by atoms with E-state index in [9.17, 15) is 14.4 Å². The monoisotopic (exact) mass is 306 g/mol. The first-order chi connectivity index (χ1) is 10.5. The predicted octanol–water partition coefficient (Wildman–Crippen LogP) is 0.839. The molecule has 0 spiro atoms. The summed E-state index contributed by atoms with van der Waals surface area (Å²) in [7, 11) is 1.59. The van der Waals surface area contributed by atoms with Gasteiger partial charge >= 0.3 is 0 Å². The van der Waals surface area contributed by atoms with Crippen LogP contribution < -0.4 is 15.4 Å². The molecule has 6 nitrogen and oxygen atoms in total. The van der Waals surface area contributed by atoms with E-state index in [2.05, 4.69) is 10.6 Å². The number of carbonyl (C=O) groups is 3. The number of benzene rings is 1. The number of ether oxygens (including phenoxy) is 1. The summed E-state index contributed by atoms with van der Waals surface area (Å²) in [6, 6.07) is 7.28. The average Bonchev–Trinajstić information content (AvgIpc) is 2.50. The third-order valence-electron chi connectivity index (χ3n) is 3.00. The Morgan fingerprint density at radius 2 is 1.55 bits per heavy atom. The number of Topliss-reactive ketones (excluding diaryl/α,β-unsaturated/α-hetero) is 1. The van der Waals surface area contributed by atoms with Crippen LogP contribution in [0.1, 0.15) is 25.3 Å². The molecule has 0 aromatic heterocycles. The summed E-state index contributed by atoms with van der Waals surface area (Å²) in [5.41, 5.74) is 0.892. The number of hydrogen-bond donors (Lipinski definition) is 2. The largest absolute Gasteiger partial charge is 0.497 e. The Labute approximate surface area is 130 Å². The smallest absolute Gasteiger partial charge is 0.224 e. The topological polar surface area (TPSA) is 84.5 Å². The lowest BCUT2D eigenvalue weighted by atomic mass is 10.1. The average molecular weight is 306 g/mol. The van der Waals surface area contributed by atoms with Gasteiger partial charge in [-0.05, 0) is 24.6 Å². The van der Waals surface area contributed by atoms with Crippen LogP contribution in [0.2, 0.25) is 0 Å². The van der Waals surface area contributed by atoms with E-state index in [-0.39, 0.29) is 36.9 Å². The summed E-state index contributed by atoms with van der Waals surface area (Å²) in [5.74, 6) is 0.447. The van der Waals surface area contributed by atoms with Crippen molar-refractivity contribution in [3.63, 3.8) is 0 Å². The van der Waals surface area contributed by atoms with Gasteiger partial charge in [0.05, 0.1) is 13.5 Å². The van der Waals surface area contributed by atoms with E-state index in [1.807, 2.05) is 12.1 Å². The van der Waals surface area contributed by atoms with Crippen molar-refractivity contribution < 1.29 is 19.1 Å². The predicted molar refractivity (Wildman–Crippen MR) is 82.6 cm³/mol. The van der Waals surface area contributed by atoms with Crippen LogP contribution in [0.15, 0.2) is 24.3 Å². The van der Waals surface area contributed by atoms with Crippen LogP contribution >= 0.6 is 0 Å². The maximum absolute atomic E-state index is 11.7. The zero-order chi connectivity index (χ0) is 16.4. The molecule has 0 saturated carbocycles. The summed E-state index contributed by atoms with van der Waals surface area (Å²) >= 11 is 0. The van der Waals surface area contributed by atoms with Gasteiger partial charge in [-0.1, -0.05) is 12.1 Å². The third-order valence-corrected chi connectivity index (χ3v) is 3.00. The molecule has 0 radical (unpaired) electrons. The van der Waals surface area contributed by atoms with Gasteiger partial charge in [-0.25, -0.2) is 0 Å². The van der Waals surface area contributed by atoms with Gasteiger partial charge in [-0.3, -0.25) is 9.59 Å². The lowest BCUT2D eigenvalue weighted by Gasteiger charge is -2.07. The summed E-state index contributed by atoms with van der Waals surface area (Å²) in [5, 5.41) is 5.38. The lowest BCUT2D eigenvalue weighted by molar-refractivity contribution is -0.124. The van der Waals surface area contributed by atoms with Crippen molar-refractivity contribution in [1.82, 2.24) is 10.6 Å². The molecule has 2 N–H and O–H groups in total. The first-order valence-electron chi connectivity index (χ1n) is 7.17. The quantitative estimate of drug-likeness (QED) is 0.662. The molecule has 0 unspecified atom stereocenters. The molecule has 1 rings (SSSR count). The van der Waals surface area contributed by atoms with Crippen LogP contribution in [0.25, 0.3) is 0 Å². The first kappa shape index (κ1) is 17.7. The first-order valence-corrected chi connectivity index (χ1v) is 7.17. The van der Waals surface area contributed by atoms with Crippen LogP contribution in [-0.4, -0.2) is 37.8 Å². The van der Waals surface area contributed by atoms with Crippen molar-refractivity contribution in [2.75, 3.05) is 20.2 Å². The number of rotatable bonds is 9. The van der Waals surface area contributed by atoms with Gasteiger partial charge in [0.1, 0.15) is 11.5 Å². The van der Waals surface area contributed by atoms with E-state index in [4.69, 9.17) is 4.74 Å². The Morgan fingerprint density at radius 1 is 0.955 bits per heavy atom. The minimum atomic E-state index is -0.181. The Kier molecular flexibility index (Phi) is 7.67. The van der Waals surface area contributed by atoms with Gasteiger partial charge in [0, 0.05) is 25.9 Å². The van der Waals surface area contributed by atoms with Crippen LogP contribution in [-0.2, 0) is 20.8 Å². The fourth-order valence-corrected chi connectivity index (χ4v) is 1.77. The molecule has 0 atom stereocenters. The highest BCUT2D eigenvalue weighted by Gasteiger charge is 2.05. The minimum Gasteiger partial charge on any atom is -0.497 e. The van der Waals surface area contributed by atoms with Crippen molar-refractivity contribution in [3.05, 3.63) is 29.8 Å². The normalized spacial score (nSPS) is 9.91. The number of nitrogens with one attached hydrogen (secondary N) is 2. The molecule has 120 valence electrons. The van der Waals surface area contributed by atoms with E-state index in [0.717, 1.165) is 11.3 Å². The molecule has 0 fully saturated rings. The Balaban J connectivity index is 2.17. The van der Waals surface area contributed by atoms with Crippen LogP contribution in [0.5, 0.6) is 5.75 Å². The second-order valence-corrected chi connectivity index (χ2v) is 4.93. The highest BCUT2D eigenvalue weighted by Crippen LogP contribution is 2.11. The Morgan fingerprint density at radius 3 is 2.09 bits per heavy atom. The van der Waals surface area contributed by atoms with Gasteiger partial charge in [-0.2, -0.15) is 0 Å². The Bertz CT molecular complexity index is 511. The summed E-state index contributed by atoms with van der Waals surface area (Å²) in [6.07, 6.45) is 0.715. The molecule has 6 heteroatoms. The molecule has 1 aromatic rings. The zero-order valence-corrected chi connectivity index (χ0v) is 13.0. The molecule has 2 amide bonds. The highest BCUT2D eigenvalue weighted by atomic mass is 16.5. The van der Waals surface area contributed by atoms with Gasteiger partial charge in [0.2, 0.25) is 11.8 Å². The molecule has 0 aliphatic carbocycles. The lowest BCUT2D eigenvalue weighted by Crippen LogP contribution is -2.35. The number of amides is 2. The van der Waals surface area contributed by atoms with Crippen LogP contribution in [0.3, 0.4) is 0 Å². The van der Waals surface area contributed by atoms with Crippen molar-refractivity contribution in [1.29, 1.82) is 0 Å². The van der Waals surface area contributed by atoms with Crippen molar-refractivity contribution >= 4 is 17.6 Å². The third kappa shape index (κ3) is 7.42. The van der Waals surface area contributed by atoms with Crippen molar-refractivity contribution in [3.8, 4) is 5.75 Å². The molecule has 0 bridgehead atoms. The highest BCUT2D eigenvalue weighted by molar-refractivity contribution is 5.83. The second-order valence-electron chi connectivity index (χ2n) is 4.93. The molecular weight excluding hydrogens is 284 g/mol. The standard InChI is InChI=1S/C16H22N2O4/c1-12(19)3-8-15(20)17-9-10-18-16(21)11-13-4-6-14(22-2)7-5-13/h4-7H,3,8-11H2,1-2H3,(H,17,20)(H,18,21). The maximum atomic E-state index is 11.7. The summed E-state index contributed by atoms with van der Waals surface area (Å²) < 4.78 is 5.05. The number of ketones is 1. The summed E-state index contributed by atoms with van der Waals surface area (Å²) in [6.45, 7) is 2.17. The van der Waals surface area contributed by atoms with Crippen molar-refractivity contribution in [2.24, 2.45) is 0 Å². The number of methoxy groups -OCH3 is 1. The SMILES string of the molecule is COc1ccc(CC(=O)NCCNC(=O)CCC(C)=O)cc1. The molecule has 0 aliphatic heterocycles. The molecule has 1 aromatic carbocycles. The number of carbonyl (C=O) groups excluding carboxylic acids is 3. The fraction of sp³-hybridized carbons (Fsp3) is 0.438. The van der Waals surface area contributed by atoms with Gasteiger partial charge in [-0.15, -0.1) is 0 Å². The van der Waals surface area contributed by atoms with Gasteiger partial charge in [0.15, 0.2) is 0 Å². The molecule has 0 saturated heterocycles. The molecular formula is C16H22N2O4. The van der Waals surface area contributed by atoms with E-state index in [1.165, 1.54) is 6.92 Å².